The predicted molar refractivity (Wildman–Crippen MR) is 155 cm³/mol. The topological polar surface area (TPSA) is 106 Å². The Morgan fingerprint density at radius 2 is 1.51 bits per heavy atom. The molecule has 0 saturated carbocycles. The van der Waals surface area contributed by atoms with Gasteiger partial charge >= 0.3 is 5.97 Å². The number of ether oxygens (including phenoxy) is 2. The first-order valence-corrected chi connectivity index (χ1v) is 13.7. The summed E-state index contributed by atoms with van der Waals surface area (Å²) < 4.78 is 10.7. The van der Waals surface area contributed by atoms with E-state index in [-0.39, 0.29) is 18.2 Å². The number of carbonyl (C=O) groups excluding carboxylic acids is 3. The molecule has 0 bridgehead atoms. The van der Waals surface area contributed by atoms with Crippen LogP contribution in [0.4, 0.5) is 0 Å². The summed E-state index contributed by atoms with van der Waals surface area (Å²) >= 11 is 0. The summed E-state index contributed by atoms with van der Waals surface area (Å²) in [5.41, 5.74) is 3.90. The molecule has 0 aliphatic carbocycles. The van der Waals surface area contributed by atoms with E-state index in [1.165, 1.54) is 57.9 Å². The molecule has 0 radical (unpaired) electrons. The highest BCUT2D eigenvalue weighted by molar-refractivity contribution is 5.90. The minimum Gasteiger partial charge on any atom is -0.493 e. The predicted octanol–water partition coefficient (Wildman–Crippen LogP) is 5.80. The Labute approximate surface area is 231 Å². The number of rotatable bonds is 18. The summed E-state index contributed by atoms with van der Waals surface area (Å²) in [6.07, 6.45) is 15.6. The van der Waals surface area contributed by atoms with E-state index >= 15 is 0 Å². The molecule has 8 nitrogen and oxygen atoms in total. The number of hydrazone groups is 1. The van der Waals surface area contributed by atoms with Crippen molar-refractivity contribution in [3.8, 4) is 11.5 Å². The summed E-state index contributed by atoms with van der Waals surface area (Å²) in [5, 5.41) is 6.54. The largest absolute Gasteiger partial charge is 0.493 e. The number of amides is 2. The van der Waals surface area contributed by atoms with Crippen molar-refractivity contribution in [3.63, 3.8) is 0 Å². The van der Waals surface area contributed by atoms with Gasteiger partial charge in [-0.1, -0.05) is 88.6 Å². The Morgan fingerprint density at radius 1 is 0.821 bits per heavy atom. The lowest BCUT2D eigenvalue weighted by Crippen LogP contribution is -2.34. The summed E-state index contributed by atoms with van der Waals surface area (Å²) in [7, 11) is 1.46. The molecule has 0 aromatic heterocycles. The van der Waals surface area contributed by atoms with Crippen molar-refractivity contribution in [2.24, 2.45) is 5.10 Å². The van der Waals surface area contributed by atoms with Crippen LogP contribution in [0.2, 0.25) is 0 Å². The molecule has 2 aromatic carbocycles. The smallest absolute Gasteiger partial charge is 0.336 e. The number of unbranched alkanes of at least 4 members (excludes halogenated alkanes) is 8. The average Bonchev–Trinajstić information content (AvgIpc) is 2.95. The lowest BCUT2D eigenvalue weighted by Gasteiger charge is -2.08. The van der Waals surface area contributed by atoms with Crippen molar-refractivity contribution in [3.05, 3.63) is 65.7 Å². The first kappa shape index (κ1) is 31.3. The van der Waals surface area contributed by atoms with Crippen molar-refractivity contribution >= 4 is 30.1 Å². The summed E-state index contributed by atoms with van der Waals surface area (Å²) in [6, 6.07) is 14.3. The number of carbonyl (C=O) groups is 3. The fourth-order valence-corrected chi connectivity index (χ4v) is 3.80. The Morgan fingerprint density at radius 3 is 2.21 bits per heavy atom. The van der Waals surface area contributed by atoms with E-state index in [0.717, 1.165) is 24.8 Å². The lowest BCUT2D eigenvalue weighted by molar-refractivity contribution is -0.129. The van der Waals surface area contributed by atoms with Gasteiger partial charge in [0.1, 0.15) is 0 Å². The van der Waals surface area contributed by atoms with Gasteiger partial charge in [0.25, 0.3) is 5.91 Å². The zero-order chi connectivity index (χ0) is 28.1. The molecule has 0 heterocycles. The van der Waals surface area contributed by atoms with Crippen molar-refractivity contribution in [1.29, 1.82) is 0 Å². The molecule has 0 atom stereocenters. The normalized spacial score (nSPS) is 11.0. The van der Waals surface area contributed by atoms with Crippen LogP contribution in [0.15, 0.2) is 59.7 Å². The van der Waals surface area contributed by atoms with Gasteiger partial charge in [-0.2, -0.15) is 5.10 Å². The van der Waals surface area contributed by atoms with E-state index in [1.54, 1.807) is 24.3 Å². The standard InChI is InChI=1S/C31H41N3O5/c1-3-4-5-6-7-8-9-10-14-17-29(35)32-24-30(36)34-33-23-26-18-20-27(28(22-26)38-2)39-31(37)21-19-25-15-12-11-13-16-25/h11-13,15-16,18-23H,3-10,14,17,24H2,1-2H3,(H,32,35)(H,34,36)/b21-19+,33-23-. The molecule has 0 aliphatic rings. The van der Waals surface area contributed by atoms with Crippen molar-refractivity contribution in [1.82, 2.24) is 10.7 Å². The van der Waals surface area contributed by atoms with Crippen LogP contribution < -0.4 is 20.2 Å². The maximum absolute atomic E-state index is 12.2. The fraction of sp³-hybridized carbons (Fsp3) is 0.419. The fourth-order valence-electron chi connectivity index (χ4n) is 3.80. The van der Waals surface area contributed by atoms with E-state index in [4.69, 9.17) is 9.47 Å². The second-order valence-electron chi connectivity index (χ2n) is 9.22. The number of nitrogens with one attached hydrogen (secondary N) is 2. The molecule has 0 aliphatic heterocycles. The third-order valence-corrected chi connectivity index (χ3v) is 5.97. The Hall–Kier alpha value is -3.94. The minimum absolute atomic E-state index is 0.134. The quantitative estimate of drug-likeness (QED) is 0.0627. The molecule has 0 unspecified atom stereocenters. The van der Waals surface area contributed by atoms with Gasteiger partial charge in [-0.15, -0.1) is 0 Å². The van der Waals surface area contributed by atoms with Crippen LogP contribution >= 0.6 is 0 Å². The van der Waals surface area contributed by atoms with E-state index in [0.29, 0.717) is 17.7 Å². The highest BCUT2D eigenvalue weighted by Gasteiger charge is 2.09. The van der Waals surface area contributed by atoms with Crippen LogP contribution in [-0.2, 0) is 14.4 Å². The third kappa shape index (κ3) is 14.0. The van der Waals surface area contributed by atoms with Gasteiger partial charge in [0.05, 0.1) is 19.9 Å². The lowest BCUT2D eigenvalue weighted by atomic mass is 10.1. The summed E-state index contributed by atoms with van der Waals surface area (Å²) in [5.74, 6) is -0.489. The van der Waals surface area contributed by atoms with Crippen LogP contribution in [0.25, 0.3) is 6.08 Å². The van der Waals surface area contributed by atoms with E-state index in [1.807, 2.05) is 30.3 Å². The second kappa shape index (κ2) is 19.2. The molecule has 8 heteroatoms. The molecule has 210 valence electrons. The Balaban J connectivity index is 1.67. The first-order chi connectivity index (χ1) is 19.0. The van der Waals surface area contributed by atoms with Crippen LogP contribution in [0.5, 0.6) is 11.5 Å². The van der Waals surface area contributed by atoms with Crippen LogP contribution in [0, 0.1) is 0 Å². The van der Waals surface area contributed by atoms with Crippen molar-refractivity contribution < 1.29 is 23.9 Å². The molecule has 2 aromatic rings. The molecule has 0 spiro atoms. The maximum atomic E-state index is 12.2. The molecule has 0 saturated heterocycles. The second-order valence-corrected chi connectivity index (χ2v) is 9.22. The van der Waals surface area contributed by atoms with Crippen LogP contribution in [0.1, 0.15) is 82.3 Å². The molecule has 2 rings (SSSR count). The zero-order valence-electron chi connectivity index (χ0n) is 23.1. The van der Waals surface area contributed by atoms with Gasteiger partial charge in [-0.3, -0.25) is 9.59 Å². The number of hydrogen-bond donors (Lipinski definition) is 2. The average molecular weight is 536 g/mol. The van der Waals surface area contributed by atoms with Crippen molar-refractivity contribution in [2.45, 2.75) is 71.1 Å². The zero-order valence-corrected chi connectivity index (χ0v) is 23.1. The minimum atomic E-state index is -0.536. The number of benzene rings is 2. The van der Waals surface area contributed by atoms with Gasteiger partial charge in [0, 0.05) is 12.5 Å². The van der Waals surface area contributed by atoms with Gasteiger partial charge in [-0.25, -0.2) is 10.2 Å². The number of esters is 1. The Kier molecular flexibility index (Phi) is 15.4. The Bertz CT molecular complexity index is 1080. The van der Waals surface area contributed by atoms with Gasteiger partial charge in [0.15, 0.2) is 11.5 Å². The monoisotopic (exact) mass is 535 g/mol. The molecular formula is C31H41N3O5. The number of hydrogen-bond acceptors (Lipinski definition) is 6. The van der Waals surface area contributed by atoms with Gasteiger partial charge < -0.3 is 14.8 Å². The molecule has 2 N–H and O–H groups in total. The van der Waals surface area contributed by atoms with Crippen LogP contribution in [-0.4, -0.2) is 37.7 Å². The van der Waals surface area contributed by atoms with E-state index in [2.05, 4.69) is 22.8 Å². The SMILES string of the molecule is CCCCCCCCCCCC(=O)NCC(=O)N/N=C\c1ccc(OC(=O)/C=C/c2ccccc2)c(OC)c1. The van der Waals surface area contributed by atoms with Crippen molar-refractivity contribution in [2.75, 3.05) is 13.7 Å². The molecular weight excluding hydrogens is 494 g/mol. The number of methoxy groups -OCH3 is 1. The van der Waals surface area contributed by atoms with Gasteiger partial charge in [-0.05, 0) is 41.8 Å². The maximum Gasteiger partial charge on any atom is 0.336 e. The summed E-state index contributed by atoms with van der Waals surface area (Å²) in [6.45, 7) is 2.08. The van der Waals surface area contributed by atoms with E-state index in [9.17, 15) is 14.4 Å². The summed E-state index contributed by atoms with van der Waals surface area (Å²) in [4.78, 5) is 36.1. The third-order valence-electron chi connectivity index (χ3n) is 5.97. The molecule has 0 fully saturated rings. The first-order valence-electron chi connectivity index (χ1n) is 13.7. The molecule has 2 amide bonds. The number of nitrogens with zero attached hydrogens (tertiary/aromatic N) is 1. The van der Waals surface area contributed by atoms with E-state index < -0.39 is 11.9 Å². The van der Waals surface area contributed by atoms with Crippen LogP contribution in [0.3, 0.4) is 0 Å². The highest BCUT2D eigenvalue weighted by atomic mass is 16.6. The highest BCUT2D eigenvalue weighted by Crippen LogP contribution is 2.27. The van der Waals surface area contributed by atoms with Gasteiger partial charge in [0.2, 0.25) is 5.91 Å². The molecule has 39 heavy (non-hydrogen) atoms.